The van der Waals surface area contributed by atoms with Crippen LogP contribution in [0.25, 0.3) is 0 Å². The number of halogens is 1. The Morgan fingerprint density at radius 3 is 2.74 bits per heavy atom. The summed E-state index contributed by atoms with van der Waals surface area (Å²) in [6.07, 6.45) is 2.27. The summed E-state index contributed by atoms with van der Waals surface area (Å²) >= 11 is 3.25. The number of benzene rings is 1. The van der Waals surface area contributed by atoms with Crippen LogP contribution >= 0.6 is 15.9 Å². The number of ether oxygens (including phenoxy) is 1. The number of amides is 1. The van der Waals surface area contributed by atoms with Gasteiger partial charge in [0.2, 0.25) is 0 Å². The monoisotopic (exact) mass is 327 g/mol. The minimum atomic E-state index is -1.01. The Morgan fingerprint density at radius 1 is 1.37 bits per heavy atom. The molecule has 102 valence electrons. The van der Waals surface area contributed by atoms with E-state index in [2.05, 4.69) is 21.2 Å². The molecule has 1 aliphatic heterocycles. The third-order valence-corrected chi connectivity index (χ3v) is 3.60. The number of anilines is 1. The molecule has 1 heterocycles. The number of rotatable bonds is 3. The van der Waals surface area contributed by atoms with Gasteiger partial charge in [-0.3, -0.25) is 4.79 Å². The third kappa shape index (κ3) is 3.54. The van der Waals surface area contributed by atoms with E-state index < -0.39 is 12.1 Å². The van der Waals surface area contributed by atoms with Crippen molar-refractivity contribution in [2.75, 3.05) is 11.9 Å². The Morgan fingerprint density at radius 2 is 2.16 bits per heavy atom. The van der Waals surface area contributed by atoms with Crippen LogP contribution in [0, 0.1) is 0 Å². The minimum absolute atomic E-state index is 0.166. The zero-order chi connectivity index (χ0) is 13.8. The molecule has 1 aliphatic rings. The van der Waals surface area contributed by atoms with Gasteiger partial charge in [0.05, 0.1) is 11.3 Å². The molecule has 2 rings (SSSR count). The van der Waals surface area contributed by atoms with Crippen LogP contribution < -0.4 is 5.32 Å². The van der Waals surface area contributed by atoms with Gasteiger partial charge in [-0.2, -0.15) is 0 Å². The fourth-order valence-electron chi connectivity index (χ4n) is 1.91. The summed E-state index contributed by atoms with van der Waals surface area (Å²) in [4.78, 5) is 22.8. The lowest BCUT2D eigenvalue weighted by Crippen LogP contribution is -2.33. The number of carbonyl (C=O) groups excluding carboxylic acids is 1. The van der Waals surface area contributed by atoms with Gasteiger partial charge in [-0.05, 0) is 53.4 Å². The maximum absolute atomic E-state index is 12.0. The molecule has 1 aromatic carbocycles. The van der Waals surface area contributed by atoms with Crippen molar-refractivity contribution in [1.29, 1.82) is 0 Å². The quantitative estimate of drug-likeness (QED) is 0.894. The minimum Gasteiger partial charge on any atom is -0.478 e. The summed E-state index contributed by atoms with van der Waals surface area (Å²) < 4.78 is 5.93. The molecule has 0 bridgehead atoms. The van der Waals surface area contributed by atoms with Crippen molar-refractivity contribution in [2.45, 2.75) is 25.4 Å². The summed E-state index contributed by atoms with van der Waals surface area (Å²) in [6.45, 7) is 0.608. The highest BCUT2D eigenvalue weighted by Crippen LogP contribution is 2.25. The van der Waals surface area contributed by atoms with Crippen molar-refractivity contribution in [2.24, 2.45) is 0 Å². The van der Waals surface area contributed by atoms with E-state index in [1.54, 1.807) is 6.07 Å². The lowest BCUT2D eigenvalue weighted by molar-refractivity contribution is -0.129. The Hall–Kier alpha value is -1.40. The van der Waals surface area contributed by atoms with Gasteiger partial charge in [-0.1, -0.05) is 0 Å². The average Bonchev–Trinajstić information content (AvgIpc) is 2.41. The summed E-state index contributed by atoms with van der Waals surface area (Å²) in [5.41, 5.74) is 0.711. The molecule has 1 amide bonds. The third-order valence-electron chi connectivity index (χ3n) is 2.95. The SMILES string of the molecule is O=C(O)c1ccc(NC(=O)C2CCCCO2)c(Br)c1. The zero-order valence-electron chi connectivity index (χ0n) is 10.2. The molecule has 0 saturated carbocycles. The predicted octanol–water partition coefficient (Wildman–Crippen LogP) is 2.65. The molecular weight excluding hydrogens is 314 g/mol. The molecule has 0 aliphatic carbocycles. The Labute approximate surface area is 119 Å². The van der Waals surface area contributed by atoms with Crippen molar-refractivity contribution in [3.63, 3.8) is 0 Å². The van der Waals surface area contributed by atoms with Crippen molar-refractivity contribution in [3.8, 4) is 0 Å². The van der Waals surface area contributed by atoms with Crippen LogP contribution in [0.4, 0.5) is 5.69 Å². The summed E-state index contributed by atoms with van der Waals surface area (Å²) in [6, 6.07) is 4.47. The first-order chi connectivity index (χ1) is 9.08. The topological polar surface area (TPSA) is 75.6 Å². The molecule has 6 heteroatoms. The van der Waals surface area contributed by atoms with E-state index in [9.17, 15) is 9.59 Å². The highest BCUT2D eigenvalue weighted by molar-refractivity contribution is 9.10. The van der Waals surface area contributed by atoms with Gasteiger partial charge in [0.15, 0.2) is 0 Å². The Balaban J connectivity index is 2.06. The number of carbonyl (C=O) groups is 2. The van der Waals surface area contributed by atoms with E-state index >= 15 is 0 Å². The second kappa shape index (κ2) is 6.16. The van der Waals surface area contributed by atoms with E-state index in [0.717, 1.165) is 19.3 Å². The lowest BCUT2D eigenvalue weighted by Gasteiger charge is -2.22. The first-order valence-electron chi connectivity index (χ1n) is 6.03. The molecule has 1 unspecified atom stereocenters. The number of aromatic carboxylic acids is 1. The van der Waals surface area contributed by atoms with Gasteiger partial charge in [-0.15, -0.1) is 0 Å². The maximum atomic E-state index is 12.0. The molecule has 1 saturated heterocycles. The molecular formula is C13H14BrNO4. The molecule has 1 atom stereocenters. The summed E-state index contributed by atoms with van der Waals surface area (Å²) in [5, 5.41) is 11.6. The number of hydrogen-bond donors (Lipinski definition) is 2. The molecule has 1 fully saturated rings. The first kappa shape index (κ1) is 14.0. The molecule has 2 N–H and O–H groups in total. The fourth-order valence-corrected chi connectivity index (χ4v) is 2.39. The van der Waals surface area contributed by atoms with Crippen molar-refractivity contribution in [1.82, 2.24) is 0 Å². The van der Waals surface area contributed by atoms with Crippen LogP contribution in [0.15, 0.2) is 22.7 Å². The molecule has 5 nitrogen and oxygen atoms in total. The average molecular weight is 328 g/mol. The standard InChI is InChI=1S/C13H14BrNO4/c14-9-7-8(13(17)18)4-5-10(9)15-12(16)11-3-1-2-6-19-11/h4-5,7,11H,1-3,6H2,(H,15,16)(H,17,18). The van der Waals surface area contributed by atoms with Gasteiger partial charge >= 0.3 is 5.97 Å². The van der Waals surface area contributed by atoms with Crippen LogP contribution in [0.1, 0.15) is 29.6 Å². The normalized spacial score (nSPS) is 18.9. The second-order valence-corrected chi connectivity index (χ2v) is 5.20. The van der Waals surface area contributed by atoms with Gasteiger partial charge in [-0.25, -0.2) is 4.79 Å². The van der Waals surface area contributed by atoms with E-state index in [-0.39, 0.29) is 11.5 Å². The second-order valence-electron chi connectivity index (χ2n) is 4.34. The van der Waals surface area contributed by atoms with E-state index in [1.807, 2.05) is 0 Å². The highest BCUT2D eigenvalue weighted by atomic mass is 79.9. The largest absolute Gasteiger partial charge is 0.478 e. The van der Waals surface area contributed by atoms with Crippen LogP contribution in [-0.4, -0.2) is 29.7 Å². The van der Waals surface area contributed by atoms with Crippen molar-refractivity contribution < 1.29 is 19.4 Å². The molecule has 0 spiro atoms. The summed E-state index contributed by atoms with van der Waals surface area (Å²) in [5.74, 6) is -1.20. The lowest BCUT2D eigenvalue weighted by atomic mass is 10.1. The van der Waals surface area contributed by atoms with Gasteiger partial charge < -0.3 is 15.2 Å². The Kier molecular flexibility index (Phi) is 4.55. The highest BCUT2D eigenvalue weighted by Gasteiger charge is 2.22. The van der Waals surface area contributed by atoms with Gasteiger partial charge in [0.25, 0.3) is 5.91 Å². The van der Waals surface area contributed by atoms with E-state index in [0.29, 0.717) is 16.8 Å². The number of hydrogen-bond acceptors (Lipinski definition) is 3. The van der Waals surface area contributed by atoms with Crippen LogP contribution in [0.3, 0.4) is 0 Å². The first-order valence-corrected chi connectivity index (χ1v) is 6.82. The smallest absolute Gasteiger partial charge is 0.335 e. The van der Waals surface area contributed by atoms with Crippen LogP contribution in [-0.2, 0) is 9.53 Å². The van der Waals surface area contributed by atoms with Crippen molar-refractivity contribution in [3.05, 3.63) is 28.2 Å². The molecule has 0 aromatic heterocycles. The fraction of sp³-hybridized carbons (Fsp3) is 0.385. The van der Waals surface area contributed by atoms with Crippen molar-refractivity contribution >= 4 is 33.5 Å². The zero-order valence-corrected chi connectivity index (χ0v) is 11.8. The maximum Gasteiger partial charge on any atom is 0.335 e. The van der Waals surface area contributed by atoms with Crippen LogP contribution in [0.2, 0.25) is 0 Å². The predicted molar refractivity (Wildman–Crippen MR) is 73.3 cm³/mol. The van der Waals surface area contributed by atoms with E-state index in [4.69, 9.17) is 9.84 Å². The Bertz CT molecular complexity index is 497. The molecule has 19 heavy (non-hydrogen) atoms. The van der Waals surface area contributed by atoms with Gasteiger partial charge in [0.1, 0.15) is 6.10 Å². The molecule has 0 radical (unpaired) electrons. The van der Waals surface area contributed by atoms with Crippen LogP contribution in [0.5, 0.6) is 0 Å². The number of nitrogens with one attached hydrogen (secondary N) is 1. The molecule has 1 aromatic rings. The number of carboxylic acids is 1. The van der Waals surface area contributed by atoms with E-state index in [1.165, 1.54) is 12.1 Å². The summed E-state index contributed by atoms with van der Waals surface area (Å²) in [7, 11) is 0. The van der Waals surface area contributed by atoms with Gasteiger partial charge in [0, 0.05) is 11.1 Å². The number of carboxylic acid groups (broad SMARTS) is 1.